The maximum atomic E-state index is 12.9. The Hall–Kier alpha value is -6.85. The summed E-state index contributed by atoms with van der Waals surface area (Å²) in [6.07, 6.45) is 0. The van der Waals surface area contributed by atoms with E-state index in [1.165, 1.54) is 7.11 Å². The molecule has 5 heteroatoms. The lowest BCUT2D eigenvalue weighted by molar-refractivity contribution is 0.0601. The molecule has 0 radical (unpaired) electrons. The number of carbonyl (C=O) groups excluding carboxylic acids is 1. The molecule has 0 unspecified atom stereocenters. The van der Waals surface area contributed by atoms with Crippen molar-refractivity contribution in [1.29, 1.82) is 0 Å². The summed E-state index contributed by atoms with van der Waals surface area (Å²) in [5.74, 6) is 0.298. The van der Waals surface area contributed by atoms with Crippen LogP contribution in [0.4, 0.5) is 17.1 Å². The SMILES string of the molecule is COC(=O)c1ccccc1-c1ccc2c3c(cccc13)N(c1cccc(-c3nc(-c4ccccc4)cc(-c4ccccc4)n3)c1)c1ccccc1-2. The summed E-state index contributed by atoms with van der Waals surface area (Å²) in [6.45, 7) is 0. The summed E-state index contributed by atoms with van der Waals surface area (Å²) in [5, 5.41) is 2.18. The van der Waals surface area contributed by atoms with Gasteiger partial charge in [0.15, 0.2) is 5.82 Å². The van der Waals surface area contributed by atoms with E-state index in [1.54, 1.807) is 0 Å². The van der Waals surface area contributed by atoms with Gasteiger partial charge in [0, 0.05) is 33.3 Å². The van der Waals surface area contributed by atoms with Gasteiger partial charge in [-0.15, -0.1) is 0 Å². The number of hydrogen-bond donors (Lipinski definition) is 0. The lowest BCUT2D eigenvalue weighted by Crippen LogP contribution is -2.15. The zero-order valence-electron chi connectivity index (χ0n) is 27.8. The van der Waals surface area contributed by atoms with Gasteiger partial charge in [-0.05, 0) is 58.5 Å². The van der Waals surface area contributed by atoms with Crippen LogP contribution in [-0.4, -0.2) is 23.0 Å². The molecule has 0 saturated carbocycles. The van der Waals surface area contributed by atoms with Gasteiger partial charge >= 0.3 is 5.97 Å². The Bertz CT molecular complexity index is 2540. The van der Waals surface area contributed by atoms with Gasteiger partial charge in [0.2, 0.25) is 0 Å². The maximum absolute atomic E-state index is 12.9. The number of benzene rings is 7. The molecular formula is C46H31N3O2. The van der Waals surface area contributed by atoms with Crippen molar-refractivity contribution in [2.45, 2.75) is 0 Å². The third kappa shape index (κ3) is 5.23. The van der Waals surface area contributed by atoms with Crippen LogP contribution in [0.2, 0.25) is 0 Å². The first-order valence-corrected chi connectivity index (χ1v) is 16.9. The van der Waals surface area contributed by atoms with Gasteiger partial charge in [-0.3, -0.25) is 0 Å². The van der Waals surface area contributed by atoms with E-state index < -0.39 is 0 Å². The monoisotopic (exact) mass is 657 g/mol. The van der Waals surface area contributed by atoms with Gasteiger partial charge < -0.3 is 9.64 Å². The molecule has 7 aromatic carbocycles. The molecule has 242 valence electrons. The average molecular weight is 658 g/mol. The normalized spacial score (nSPS) is 11.7. The van der Waals surface area contributed by atoms with E-state index in [0.29, 0.717) is 11.4 Å². The fourth-order valence-electron chi connectivity index (χ4n) is 7.22. The molecule has 1 aromatic heterocycles. The molecule has 0 N–H and O–H groups in total. The highest BCUT2D eigenvalue weighted by atomic mass is 16.5. The number of aromatic nitrogens is 2. The van der Waals surface area contributed by atoms with Gasteiger partial charge in [-0.25, -0.2) is 14.8 Å². The van der Waals surface area contributed by atoms with Crippen molar-refractivity contribution < 1.29 is 9.53 Å². The molecule has 9 rings (SSSR count). The van der Waals surface area contributed by atoms with Crippen LogP contribution in [0, 0.1) is 0 Å². The summed E-state index contributed by atoms with van der Waals surface area (Å²) in [5.41, 5.74) is 12.5. The zero-order chi connectivity index (χ0) is 34.3. The Labute approximate surface area is 296 Å². The van der Waals surface area contributed by atoms with Gasteiger partial charge in [-0.1, -0.05) is 133 Å². The Kier molecular flexibility index (Phi) is 7.44. The maximum Gasteiger partial charge on any atom is 0.338 e. The number of methoxy groups -OCH3 is 1. The van der Waals surface area contributed by atoms with Crippen LogP contribution in [0.5, 0.6) is 0 Å². The zero-order valence-corrected chi connectivity index (χ0v) is 27.8. The standard InChI is InChI=1S/C46H31N3O2/c1-51-46(50)39-22-9-8-20-34(39)35-26-27-38-36-21-10-11-24-42(36)49(43-25-13-23-37(35)44(38)43)33-19-12-18-32(28-33)45-47-40(30-14-4-2-5-15-30)29-41(48-45)31-16-6-3-7-17-31/h2-29H,1H3. The molecule has 0 amide bonds. The average Bonchev–Trinajstić information content (AvgIpc) is 3.21. The largest absolute Gasteiger partial charge is 0.465 e. The first-order valence-electron chi connectivity index (χ1n) is 16.9. The van der Waals surface area contributed by atoms with E-state index in [1.807, 2.05) is 60.7 Å². The molecule has 0 atom stereocenters. The van der Waals surface area contributed by atoms with Crippen molar-refractivity contribution in [1.82, 2.24) is 9.97 Å². The summed E-state index contributed by atoms with van der Waals surface area (Å²) in [4.78, 5) is 25.4. The van der Waals surface area contributed by atoms with E-state index in [9.17, 15) is 4.79 Å². The number of para-hydroxylation sites is 1. The highest BCUT2D eigenvalue weighted by Crippen LogP contribution is 2.52. The number of hydrogen-bond acceptors (Lipinski definition) is 5. The first-order chi connectivity index (χ1) is 25.2. The van der Waals surface area contributed by atoms with Crippen LogP contribution in [0.3, 0.4) is 0 Å². The van der Waals surface area contributed by atoms with Gasteiger partial charge in [0.05, 0.1) is 35.4 Å². The molecule has 1 aliphatic heterocycles. The van der Waals surface area contributed by atoms with Crippen LogP contribution >= 0.6 is 0 Å². The minimum absolute atomic E-state index is 0.358. The smallest absolute Gasteiger partial charge is 0.338 e. The van der Waals surface area contributed by atoms with E-state index in [2.05, 4.69) is 114 Å². The molecule has 5 nitrogen and oxygen atoms in total. The van der Waals surface area contributed by atoms with Crippen LogP contribution in [0.25, 0.3) is 66.9 Å². The molecule has 2 heterocycles. The molecular weight excluding hydrogens is 627 g/mol. The number of fused-ring (bicyclic) bond motifs is 2. The summed E-state index contributed by atoms with van der Waals surface area (Å²) in [6, 6.07) is 57.9. The van der Waals surface area contributed by atoms with Crippen molar-refractivity contribution in [2.75, 3.05) is 12.0 Å². The van der Waals surface area contributed by atoms with Crippen LogP contribution in [0.15, 0.2) is 170 Å². The second-order valence-corrected chi connectivity index (χ2v) is 12.5. The van der Waals surface area contributed by atoms with Crippen molar-refractivity contribution in [3.05, 3.63) is 175 Å². The molecule has 0 fully saturated rings. The van der Waals surface area contributed by atoms with E-state index >= 15 is 0 Å². The minimum Gasteiger partial charge on any atom is -0.465 e. The van der Waals surface area contributed by atoms with Gasteiger partial charge in [0.25, 0.3) is 0 Å². The number of rotatable bonds is 6. The molecule has 8 aromatic rings. The van der Waals surface area contributed by atoms with E-state index in [0.717, 1.165) is 78.2 Å². The second kappa shape index (κ2) is 12.6. The molecule has 0 spiro atoms. The lowest BCUT2D eigenvalue weighted by Gasteiger charge is -2.34. The van der Waals surface area contributed by atoms with Crippen LogP contribution < -0.4 is 4.90 Å². The molecule has 0 saturated heterocycles. The Morgan fingerprint density at radius 2 is 1.10 bits per heavy atom. The van der Waals surface area contributed by atoms with Gasteiger partial charge in [-0.2, -0.15) is 0 Å². The van der Waals surface area contributed by atoms with Crippen molar-refractivity contribution in [3.63, 3.8) is 0 Å². The van der Waals surface area contributed by atoms with E-state index in [-0.39, 0.29) is 5.97 Å². The fraction of sp³-hybridized carbons (Fsp3) is 0.0217. The van der Waals surface area contributed by atoms with Crippen molar-refractivity contribution in [3.8, 4) is 56.2 Å². The Morgan fingerprint density at radius 1 is 0.510 bits per heavy atom. The number of carbonyl (C=O) groups is 1. The fourth-order valence-corrected chi connectivity index (χ4v) is 7.22. The second-order valence-electron chi connectivity index (χ2n) is 12.5. The predicted octanol–water partition coefficient (Wildman–Crippen LogP) is 11.5. The molecule has 0 aliphatic carbocycles. The highest BCUT2D eigenvalue weighted by Gasteiger charge is 2.28. The van der Waals surface area contributed by atoms with Gasteiger partial charge in [0.1, 0.15) is 0 Å². The highest BCUT2D eigenvalue weighted by molar-refractivity contribution is 6.18. The summed E-state index contributed by atoms with van der Waals surface area (Å²) in [7, 11) is 1.42. The Balaban J connectivity index is 1.24. The topological polar surface area (TPSA) is 55.3 Å². The quantitative estimate of drug-likeness (QED) is 0.167. The number of ether oxygens (including phenoxy) is 1. The van der Waals surface area contributed by atoms with Crippen LogP contribution in [0.1, 0.15) is 10.4 Å². The van der Waals surface area contributed by atoms with Crippen molar-refractivity contribution in [2.24, 2.45) is 0 Å². The van der Waals surface area contributed by atoms with E-state index in [4.69, 9.17) is 14.7 Å². The van der Waals surface area contributed by atoms with Crippen molar-refractivity contribution >= 4 is 33.8 Å². The minimum atomic E-state index is -0.358. The third-order valence-corrected chi connectivity index (χ3v) is 9.55. The Morgan fingerprint density at radius 3 is 1.82 bits per heavy atom. The third-order valence-electron chi connectivity index (χ3n) is 9.55. The number of nitrogens with zero attached hydrogens (tertiary/aromatic N) is 3. The lowest BCUT2D eigenvalue weighted by atomic mass is 9.86. The molecule has 0 bridgehead atoms. The number of esters is 1. The summed E-state index contributed by atoms with van der Waals surface area (Å²) < 4.78 is 5.17. The summed E-state index contributed by atoms with van der Waals surface area (Å²) >= 11 is 0. The molecule has 1 aliphatic rings. The first kappa shape index (κ1) is 30.2. The van der Waals surface area contributed by atoms with Crippen LogP contribution in [-0.2, 0) is 4.74 Å². The number of anilines is 3. The molecule has 51 heavy (non-hydrogen) atoms. The predicted molar refractivity (Wildman–Crippen MR) is 206 cm³/mol.